The van der Waals surface area contributed by atoms with Crippen LogP contribution in [-0.2, 0) is 11.3 Å². The molecular formula is C25H28N4O4. The topological polar surface area (TPSA) is 94.4 Å². The first kappa shape index (κ1) is 22.5. The van der Waals surface area contributed by atoms with Crippen LogP contribution in [0.5, 0.6) is 0 Å². The van der Waals surface area contributed by atoms with Gasteiger partial charge in [-0.25, -0.2) is 4.98 Å². The third kappa shape index (κ3) is 5.39. The molecule has 1 saturated heterocycles. The number of nitrogens with zero attached hydrogens (tertiary/aromatic N) is 4. The number of hydrogen-bond donors (Lipinski definition) is 0. The van der Waals surface area contributed by atoms with Crippen molar-refractivity contribution < 1.29 is 14.1 Å². The summed E-state index contributed by atoms with van der Waals surface area (Å²) in [7, 11) is 0. The number of amides is 1. The van der Waals surface area contributed by atoms with E-state index in [1.807, 2.05) is 12.4 Å². The SMILES string of the molecule is CC(C)c1ccc(Cn2ccnc2C2CCN(C(=O)C=Cc3ccc([N+](=O)[O-])o3)CC2)cc1. The predicted octanol–water partition coefficient (Wildman–Crippen LogP) is 4.98. The van der Waals surface area contributed by atoms with Gasteiger partial charge in [-0.3, -0.25) is 14.9 Å². The van der Waals surface area contributed by atoms with Gasteiger partial charge in [0.2, 0.25) is 5.91 Å². The summed E-state index contributed by atoms with van der Waals surface area (Å²) in [5.74, 6) is 1.70. The molecule has 1 aromatic carbocycles. The second-order valence-corrected chi connectivity index (χ2v) is 8.68. The number of furan rings is 1. The molecule has 172 valence electrons. The third-order valence-corrected chi connectivity index (χ3v) is 6.10. The Morgan fingerprint density at radius 1 is 1.21 bits per heavy atom. The highest BCUT2D eigenvalue weighted by atomic mass is 16.6. The molecule has 8 heteroatoms. The van der Waals surface area contributed by atoms with Gasteiger partial charge >= 0.3 is 5.88 Å². The minimum absolute atomic E-state index is 0.124. The molecule has 1 fully saturated rings. The summed E-state index contributed by atoms with van der Waals surface area (Å²) in [5.41, 5.74) is 2.58. The van der Waals surface area contributed by atoms with Crippen molar-refractivity contribution in [3.05, 3.63) is 87.7 Å². The van der Waals surface area contributed by atoms with Gasteiger partial charge in [0.25, 0.3) is 0 Å². The minimum atomic E-state index is -0.603. The molecule has 33 heavy (non-hydrogen) atoms. The number of imidazole rings is 1. The maximum Gasteiger partial charge on any atom is 0.433 e. The summed E-state index contributed by atoms with van der Waals surface area (Å²) < 4.78 is 7.27. The summed E-state index contributed by atoms with van der Waals surface area (Å²) in [6, 6.07) is 11.5. The number of aromatic nitrogens is 2. The van der Waals surface area contributed by atoms with Gasteiger partial charge in [0.1, 0.15) is 16.5 Å². The molecule has 0 atom stereocenters. The zero-order valence-corrected chi connectivity index (χ0v) is 18.9. The predicted molar refractivity (Wildman–Crippen MR) is 125 cm³/mol. The van der Waals surface area contributed by atoms with Crippen molar-refractivity contribution >= 4 is 17.9 Å². The van der Waals surface area contributed by atoms with Gasteiger partial charge < -0.3 is 13.9 Å². The van der Waals surface area contributed by atoms with E-state index in [4.69, 9.17) is 4.42 Å². The molecule has 1 amide bonds. The largest absolute Gasteiger partial charge is 0.433 e. The number of nitro groups is 1. The Hall–Kier alpha value is -3.68. The lowest BCUT2D eigenvalue weighted by Crippen LogP contribution is -2.37. The Balaban J connectivity index is 1.33. The van der Waals surface area contributed by atoms with Crippen LogP contribution in [0, 0.1) is 10.1 Å². The molecule has 2 aromatic heterocycles. The number of benzene rings is 1. The molecule has 0 spiro atoms. The van der Waals surface area contributed by atoms with Crippen LogP contribution in [0.15, 0.2) is 59.3 Å². The molecule has 1 aliphatic rings. The van der Waals surface area contributed by atoms with Crippen LogP contribution in [0.3, 0.4) is 0 Å². The molecule has 0 unspecified atom stereocenters. The van der Waals surface area contributed by atoms with E-state index in [0.29, 0.717) is 24.9 Å². The summed E-state index contributed by atoms with van der Waals surface area (Å²) in [4.78, 5) is 29.0. The van der Waals surface area contributed by atoms with Crippen LogP contribution in [0.4, 0.5) is 5.88 Å². The standard InChI is InChI=1S/C25H28N4O4/c1-18(2)20-5-3-19(4-6-20)17-28-16-13-26-25(28)21-11-14-27(15-12-21)23(30)9-7-22-8-10-24(33-22)29(31)32/h3-10,13,16,18,21H,11-12,14-15,17H2,1-2H3. The second-order valence-electron chi connectivity index (χ2n) is 8.68. The molecular weight excluding hydrogens is 420 g/mol. The van der Waals surface area contributed by atoms with Gasteiger partial charge in [-0.2, -0.15) is 0 Å². The van der Waals surface area contributed by atoms with Crippen molar-refractivity contribution in [1.29, 1.82) is 0 Å². The van der Waals surface area contributed by atoms with Crippen LogP contribution in [0.2, 0.25) is 0 Å². The van der Waals surface area contributed by atoms with Crippen molar-refractivity contribution in [2.45, 2.75) is 45.1 Å². The summed E-state index contributed by atoms with van der Waals surface area (Å²) in [6.07, 6.45) is 8.43. The zero-order valence-electron chi connectivity index (χ0n) is 18.9. The Morgan fingerprint density at radius 3 is 2.58 bits per heavy atom. The van der Waals surface area contributed by atoms with Gasteiger partial charge in [0.05, 0.1) is 6.07 Å². The number of hydrogen-bond acceptors (Lipinski definition) is 5. The third-order valence-electron chi connectivity index (χ3n) is 6.10. The maximum atomic E-state index is 12.5. The van der Waals surface area contributed by atoms with E-state index >= 15 is 0 Å². The van der Waals surface area contributed by atoms with Crippen LogP contribution in [-0.4, -0.2) is 38.4 Å². The highest BCUT2D eigenvalue weighted by Gasteiger charge is 2.25. The average molecular weight is 449 g/mol. The van der Waals surface area contributed by atoms with Crippen molar-refractivity contribution in [2.75, 3.05) is 13.1 Å². The van der Waals surface area contributed by atoms with Gasteiger partial charge in [-0.05, 0) is 42.0 Å². The van der Waals surface area contributed by atoms with E-state index in [9.17, 15) is 14.9 Å². The number of carbonyl (C=O) groups excluding carboxylic acids is 1. The van der Waals surface area contributed by atoms with Crippen molar-refractivity contribution in [3.8, 4) is 0 Å². The molecule has 0 aliphatic carbocycles. The van der Waals surface area contributed by atoms with E-state index in [1.165, 1.54) is 35.4 Å². The Morgan fingerprint density at radius 2 is 1.94 bits per heavy atom. The lowest BCUT2D eigenvalue weighted by atomic mass is 9.95. The Kier molecular flexibility index (Phi) is 6.72. The first-order valence-corrected chi connectivity index (χ1v) is 11.2. The quantitative estimate of drug-likeness (QED) is 0.289. The molecule has 0 radical (unpaired) electrons. The molecule has 3 heterocycles. The van der Waals surface area contributed by atoms with E-state index in [0.717, 1.165) is 25.2 Å². The first-order valence-electron chi connectivity index (χ1n) is 11.2. The molecule has 3 aromatic rings. The fourth-order valence-corrected chi connectivity index (χ4v) is 4.17. The van der Waals surface area contributed by atoms with Crippen molar-refractivity contribution in [1.82, 2.24) is 14.5 Å². The fraction of sp³-hybridized carbons (Fsp3) is 0.360. The number of likely N-dealkylation sites (tertiary alicyclic amines) is 1. The van der Waals surface area contributed by atoms with Gasteiger partial charge in [-0.15, -0.1) is 0 Å². The molecule has 0 N–H and O–H groups in total. The highest BCUT2D eigenvalue weighted by Crippen LogP contribution is 2.28. The normalized spacial score (nSPS) is 14.9. The van der Waals surface area contributed by atoms with Crippen LogP contribution in [0.25, 0.3) is 6.08 Å². The summed E-state index contributed by atoms with van der Waals surface area (Å²) in [5, 5.41) is 10.7. The van der Waals surface area contributed by atoms with Crippen molar-refractivity contribution in [2.24, 2.45) is 0 Å². The van der Waals surface area contributed by atoms with E-state index in [1.54, 1.807) is 4.90 Å². The fourth-order valence-electron chi connectivity index (χ4n) is 4.17. The second kappa shape index (κ2) is 9.85. The lowest BCUT2D eigenvalue weighted by Gasteiger charge is -2.31. The van der Waals surface area contributed by atoms with Crippen LogP contribution >= 0.6 is 0 Å². The monoisotopic (exact) mass is 448 g/mol. The van der Waals surface area contributed by atoms with Gasteiger partial charge in [0.15, 0.2) is 0 Å². The molecule has 8 nitrogen and oxygen atoms in total. The number of rotatable bonds is 7. The minimum Gasteiger partial charge on any atom is -0.401 e. The summed E-state index contributed by atoms with van der Waals surface area (Å²) in [6.45, 7) is 6.45. The number of piperidine rings is 1. The van der Waals surface area contributed by atoms with Crippen LogP contribution < -0.4 is 0 Å². The van der Waals surface area contributed by atoms with Gasteiger partial charge in [0, 0.05) is 44.0 Å². The Bertz CT molecular complexity index is 1140. The van der Waals surface area contributed by atoms with Crippen molar-refractivity contribution in [3.63, 3.8) is 0 Å². The molecule has 0 saturated carbocycles. The smallest absolute Gasteiger partial charge is 0.401 e. The van der Waals surface area contributed by atoms with E-state index in [-0.39, 0.29) is 17.6 Å². The maximum absolute atomic E-state index is 12.5. The zero-order chi connectivity index (χ0) is 23.4. The molecule has 1 aliphatic heterocycles. The molecule has 0 bridgehead atoms. The average Bonchev–Trinajstić information content (AvgIpc) is 3.48. The van der Waals surface area contributed by atoms with E-state index < -0.39 is 4.92 Å². The lowest BCUT2D eigenvalue weighted by molar-refractivity contribution is -0.402. The summed E-state index contributed by atoms with van der Waals surface area (Å²) >= 11 is 0. The first-order chi connectivity index (χ1) is 15.9. The highest BCUT2D eigenvalue weighted by molar-refractivity contribution is 5.91. The van der Waals surface area contributed by atoms with E-state index in [2.05, 4.69) is 47.7 Å². The van der Waals surface area contributed by atoms with Gasteiger partial charge in [-0.1, -0.05) is 38.1 Å². The van der Waals surface area contributed by atoms with Crippen LogP contribution in [0.1, 0.15) is 61.2 Å². The Labute approximate surface area is 192 Å². The number of carbonyl (C=O) groups is 1. The molecule has 4 rings (SSSR count).